The molecule has 0 aliphatic rings. The lowest BCUT2D eigenvalue weighted by Crippen LogP contribution is -2.20. The van der Waals surface area contributed by atoms with Gasteiger partial charge in [0.15, 0.2) is 6.61 Å². The molecular weight excluding hydrogens is 422 g/mol. The lowest BCUT2D eigenvalue weighted by molar-refractivity contribution is -0.142. The number of ether oxygens (including phenoxy) is 2. The van der Waals surface area contributed by atoms with Gasteiger partial charge in [0.25, 0.3) is 5.91 Å². The number of methoxy groups -OCH3 is 1. The van der Waals surface area contributed by atoms with E-state index in [0.29, 0.717) is 5.56 Å². The molecule has 30 heavy (non-hydrogen) atoms. The van der Waals surface area contributed by atoms with Crippen LogP contribution in [0.25, 0.3) is 6.08 Å². The van der Waals surface area contributed by atoms with E-state index in [9.17, 15) is 26.8 Å². The Labute approximate surface area is 171 Å². The van der Waals surface area contributed by atoms with Gasteiger partial charge in [0.05, 0.1) is 12.8 Å². The SMILES string of the molecule is CNS(=O)(=O)c1cc(/C=C/C(=O)OCC(=O)Nc2cc(F)ccc2F)ccc1OC. The minimum Gasteiger partial charge on any atom is -0.495 e. The van der Waals surface area contributed by atoms with E-state index in [2.05, 4.69) is 10.0 Å². The highest BCUT2D eigenvalue weighted by Gasteiger charge is 2.17. The number of benzene rings is 2. The Kier molecular flexibility index (Phi) is 7.61. The summed E-state index contributed by atoms with van der Waals surface area (Å²) in [5.74, 6) is -3.24. The summed E-state index contributed by atoms with van der Waals surface area (Å²) < 4.78 is 62.5. The normalized spacial score (nSPS) is 11.3. The van der Waals surface area contributed by atoms with Crippen LogP contribution in [0.5, 0.6) is 5.75 Å². The Hall–Kier alpha value is -3.31. The van der Waals surface area contributed by atoms with Crippen LogP contribution < -0.4 is 14.8 Å². The topological polar surface area (TPSA) is 111 Å². The number of anilines is 1. The quantitative estimate of drug-likeness (QED) is 0.480. The number of sulfonamides is 1. The lowest BCUT2D eigenvalue weighted by atomic mass is 10.2. The van der Waals surface area contributed by atoms with Crippen LogP contribution in [0, 0.1) is 11.6 Å². The summed E-state index contributed by atoms with van der Waals surface area (Å²) in [5.41, 5.74) is -0.0315. The molecule has 0 bridgehead atoms. The van der Waals surface area contributed by atoms with E-state index < -0.39 is 40.1 Å². The van der Waals surface area contributed by atoms with Crippen molar-refractivity contribution >= 4 is 33.7 Å². The van der Waals surface area contributed by atoms with E-state index in [-0.39, 0.29) is 16.3 Å². The molecule has 0 atom stereocenters. The number of esters is 1. The molecule has 2 rings (SSSR count). The molecule has 2 aromatic rings. The second-order valence-corrected chi connectivity index (χ2v) is 7.59. The van der Waals surface area contributed by atoms with Gasteiger partial charge in [0.2, 0.25) is 10.0 Å². The smallest absolute Gasteiger partial charge is 0.331 e. The maximum absolute atomic E-state index is 13.5. The van der Waals surface area contributed by atoms with E-state index >= 15 is 0 Å². The average molecular weight is 440 g/mol. The number of rotatable bonds is 8. The Morgan fingerprint density at radius 1 is 1.13 bits per heavy atom. The van der Waals surface area contributed by atoms with Crippen molar-refractivity contribution in [3.63, 3.8) is 0 Å². The van der Waals surface area contributed by atoms with Crippen LogP contribution >= 0.6 is 0 Å². The van der Waals surface area contributed by atoms with Gasteiger partial charge >= 0.3 is 5.97 Å². The monoisotopic (exact) mass is 440 g/mol. The zero-order valence-electron chi connectivity index (χ0n) is 15.9. The largest absolute Gasteiger partial charge is 0.495 e. The number of carbonyl (C=O) groups excluding carboxylic acids is 2. The van der Waals surface area contributed by atoms with Crippen LogP contribution in [0.1, 0.15) is 5.56 Å². The van der Waals surface area contributed by atoms with Gasteiger partial charge in [-0.1, -0.05) is 6.07 Å². The van der Waals surface area contributed by atoms with Crippen LogP contribution in [-0.4, -0.2) is 41.1 Å². The molecule has 0 heterocycles. The fraction of sp³-hybridized carbons (Fsp3) is 0.158. The third kappa shape index (κ3) is 6.09. The number of amides is 1. The number of hydrogen-bond acceptors (Lipinski definition) is 6. The second kappa shape index (κ2) is 9.94. The maximum Gasteiger partial charge on any atom is 0.331 e. The molecule has 1 amide bonds. The fourth-order valence-electron chi connectivity index (χ4n) is 2.25. The molecule has 0 radical (unpaired) electrons. The Bertz CT molecular complexity index is 1090. The highest BCUT2D eigenvalue weighted by atomic mass is 32.2. The van der Waals surface area contributed by atoms with Crippen molar-refractivity contribution in [3.05, 3.63) is 59.7 Å². The fourth-order valence-corrected chi connectivity index (χ4v) is 3.17. The lowest BCUT2D eigenvalue weighted by Gasteiger charge is -2.09. The third-order valence-electron chi connectivity index (χ3n) is 3.71. The number of hydrogen-bond donors (Lipinski definition) is 2. The maximum atomic E-state index is 13.5. The zero-order chi connectivity index (χ0) is 22.3. The molecule has 2 aromatic carbocycles. The van der Waals surface area contributed by atoms with Crippen molar-refractivity contribution in [2.45, 2.75) is 4.90 Å². The van der Waals surface area contributed by atoms with Crippen molar-refractivity contribution in [1.29, 1.82) is 0 Å². The Morgan fingerprint density at radius 3 is 2.53 bits per heavy atom. The van der Waals surface area contributed by atoms with Crippen LogP contribution in [0.4, 0.5) is 14.5 Å². The summed E-state index contributed by atoms with van der Waals surface area (Å²) in [6.45, 7) is -0.735. The van der Waals surface area contributed by atoms with E-state index in [4.69, 9.17) is 9.47 Å². The molecule has 0 fully saturated rings. The van der Waals surface area contributed by atoms with Crippen LogP contribution in [0.3, 0.4) is 0 Å². The first-order valence-corrected chi connectivity index (χ1v) is 9.86. The zero-order valence-corrected chi connectivity index (χ0v) is 16.8. The van der Waals surface area contributed by atoms with Crippen molar-refractivity contribution in [1.82, 2.24) is 4.72 Å². The standard InChI is InChI=1S/C19H18F2N2O6S/c1-22-30(26,27)17-9-12(3-7-16(17)28-2)4-8-19(25)29-11-18(24)23-15-10-13(20)5-6-14(15)21/h3-10,22H,11H2,1-2H3,(H,23,24)/b8-4+. The van der Waals surface area contributed by atoms with E-state index in [1.165, 1.54) is 38.4 Å². The minimum atomic E-state index is -3.80. The van der Waals surface area contributed by atoms with Crippen LogP contribution in [0.2, 0.25) is 0 Å². The molecule has 0 aliphatic heterocycles. The van der Waals surface area contributed by atoms with E-state index in [1.54, 1.807) is 0 Å². The molecule has 2 N–H and O–H groups in total. The molecule has 160 valence electrons. The van der Waals surface area contributed by atoms with Crippen molar-refractivity contribution in [2.75, 3.05) is 26.1 Å². The second-order valence-electron chi connectivity index (χ2n) is 5.73. The minimum absolute atomic E-state index is 0.116. The summed E-state index contributed by atoms with van der Waals surface area (Å²) in [6, 6.07) is 6.73. The Balaban J connectivity index is 2.00. The van der Waals surface area contributed by atoms with E-state index in [1.807, 2.05) is 0 Å². The summed E-state index contributed by atoms with van der Waals surface area (Å²) in [5, 5.41) is 2.08. The highest BCUT2D eigenvalue weighted by molar-refractivity contribution is 7.89. The number of nitrogens with one attached hydrogen (secondary N) is 2. The highest BCUT2D eigenvalue weighted by Crippen LogP contribution is 2.25. The van der Waals surface area contributed by atoms with Crippen molar-refractivity contribution in [2.24, 2.45) is 0 Å². The number of carbonyl (C=O) groups is 2. The molecule has 0 aliphatic carbocycles. The molecule has 0 unspecified atom stereocenters. The molecule has 0 saturated heterocycles. The van der Waals surface area contributed by atoms with Gasteiger partial charge in [-0.3, -0.25) is 4.79 Å². The van der Waals surface area contributed by atoms with Gasteiger partial charge < -0.3 is 14.8 Å². The average Bonchev–Trinajstić information content (AvgIpc) is 2.73. The predicted molar refractivity (Wildman–Crippen MR) is 104 cm³/mol. The first-order valence-electron chi connectivity index (χ1n) is 8.37. The van der Waals surface area contributed by atoms with Crippen LogP contribution in [0.15, 0.2) is 47.4 Å². The van der Waals surface area contributed by atoms with Crippen molar-refractivity contribution in [3.8, 4) is 5.75 Å². The summed E-state index contributed by atoms with van der Waals surface area (Å²) >= 11 is 0. The summed E-state index contributed by atoms with van der Waals surface area (Å²) in [6.07, 6.45) is 2.26. The molecule has 0 aromatic heterocycles. The molecule has 0 saturated carbocycles. The van der Waals surface area contributed by atoms with Gasteiger partial charge in [0.1, 0.15) is 22.3 Å². The molecular formula is C19H18F2N2O6S. The first-order chi connectivity index (χ1) is 14.2. The van der Waals surface area contributed by atoms with E-state index in [0.717, 1.165) is 24.3 Å². The van der Waals surface area contributed by atoms with Crippen molar-refractivity contribution < 1.29 is 36.3 Å². The Morgan fingerprint density at radius 2 is 1.87 bits per heavy atom. The third-order valence-corrected chi connectivity index (χ3v) is 5.14. The molecule has 8 nitrogen and oxygen atoms in total. The van der Waals surface area contributed by atoms with Gasteiger partial charge in [-0.05, 0) is 43.0 Å². The summed E-state index contributed by atoms with van der Waals surface area (Å²) in [4.78, 5) is 23.4. The van der Waals surface area contributed by atoms with Gasteiger partial charge in [-0.15, -0.1) is 0 Å². The van der Waals surface area contributed by atoms with Gasteiger partial charge in [0, 0.05) is 12.1 Å². The molecule has 0 spiro atoms. The number of halogens is 2. The predicted octanol–water partition coefficient (Wildman–Crippen LogP) is 2.08. The van der Waals surface area contributed by atoms with Crippen LogP contribution in [-0.2, 0) is 24.3 Å². The first kappa shape index (κ1) is 23.0. The summed E-state index contributed by atoms with van der Waals surface area (Å²) in [7, 11) is -1.23. The van der Waals surface area contributed by atoms with Gasteiger partial charge in [-0.25, -0.2) is 26.7 Å². The van der Waals surface area contributed by atoms with Gasteiger partial charge in [-0.2, -0.15) is 0 Å². The molecule has 11 heteroatoms.